The first-order chi connectivity index (χ1) is 11.7. The van der Waals surface area contributed by atoms with Crippen molar-refractivity contribution >= 4 is 22.6 Å². The van der Waals surface area contributed by atoms with Gasteiger partial charge in [-0.2, -0.15) is 0 Å². The molecule has 0 fully saturated rings. The van der Waals surface area contributed by atoms with E-state index in [-0.39, 0.29) is 18.1 Å². The normalized spacial score (nSPS) is 13.6. The molecule has 0 spiro atoms. The third kappa shape index (κ3) is 2.19. The topological polar surface area (TPSA) is 56.5 Å². The average molecular weight is 323 g/mol. The van der Waals surface area contributed by atoms with Crippen molar-refractivity contribution in [2.75, 3.05) is 18.1 Å². The molecule has 0 bridgehead atoms. The number of aromatic nitrogens is 2. The van der Waals surface area contributed by atoms with Gasteiger partial charge in [0.1, 0.15) is 18.9 Å². The fraction of sp³-hybridized carbons (Fsp3) is 0.222. The molecule has 0 N–H and O–H groups in total. The molecule has 0 atom stereocenters. The number of nitrogens with zero attached hydrogens (tertiary/aromatic N) is 3. The Labute approximate surface area is 138 Å². The van der Waals surface area contributed by atoms with Gasteiger partial charge in [-0.1, -0.05) is 24.3 Å². The van der Waals surface area contributed by atoms with Crippen molar-refractivity contribution in [2.24, 2.45) is 7.05 Å². The van der Waals surface area contributed by atoms with Crippen molar-refractivity contribution in [3.63, 3.8) is 0 Å². The summed E-state index contributed by atoms with van der Waals surface area (Å²) in [5, 5.41) is 0. The molecule has 0 unspecified atom stereocenters. The summed E-state index contributed by atoms with van der Waals surface area (Å²) in [6.45, 7) is 0.942. The van der Waals surface area contributed by atoms with E-state index in [1.54, 1.807) is 16.5 Å². The van der Waals surface area contributed by atoms with Crippen LogP contribution in [0.3, 0.4) is 0 Å². The van der Waals surface area contributed by atoms with Gasteiger partial charge < -0.3 is 9.64 Å². The van der Waals surface area contributed by atoms with Crippen LogP contribution in [0.4, 0.5) is 5.69 Å². The minimum Gasteiger partial charge on any atom is -0.490 e. The number of anilines is 1. The summed E-state index contributed by atoms with van der Waals surface area (Å²) in [7, 11) is 1.72. The molecule has 0 saturated heterocycles. The third-order valence-corrected chi connectivity index (χ3v) is 4.37. The van der Waals surface area contributed by atoms with Crippen LogP contribution in [-0.4, -0.2) is 28.2 Å². The minimum absolute atomic E-state index is 0.00845. The molecule has 1 aliphatic rings. The molecule has 1 amide bonds. The largest absolute Gasteiger partial charge is 0.490 e. The zero-order valence-corrected chi connectivity index (χ0v) is 13.3. The number of rotatable bonds is 2. The highest BCUT2D eigenvalue weighted by Gasteiger charge is 2.24. The SMILES string of the molecule is Cn1c(=O)n(CC(=O)N2CCOc3ccccc32)c2ccccc21. The van der Waals surface area contributed by atoms with Gasteiger partial charge in [0.2, 0.25) is 5.91 Å². The molecule has 4 rings (SSSR count). The lowest BCUT2D eigenvalue weighted by Gasteiger charge is -2.29. The highest BCUT2D eigenvalue weighted by atomic mass is 16.5. The van der Waals surface area contributed by atoms with Crippen LogP contribution in [0.15, 0.2) is 53.3 Å². The summed E-state index contributed by atoms with van der Waals surface area (Å²) in [5.74, 6) is 0.576. The van der Waals surface area contributed by atoms with Gasteiger partial charge in [-0.3, -0.25) is 13.9 Å². The quantitative estimate of drug-likeness (QED) is 0.722. The van der Waals surface area contributed by atoms with E-state index in [2.05, 4.69) is 0 Å². The van der Waals surface area contributed by atoms with Gasteiger partial charge in [0, 0.05) is 7.05 Å². The summed E-state index contributed by atoms with van der Waals surface area (Å²) in [5.41, 5.74) is 2.14. The molecule has 6 heteroatoms. The van der Waals surface area contributed by atoms with E-state index in [1.165, 1.54) is 4.57 Å². The van der Waals surface area contributed by atoms with Gasteiger partial charge in [-0.25, -0.2) is 4.79 Å². The van der Waals surface area contributed by atoms with Crippen LogP contribution in [0.25, 0.3) is 11.0 Å². The van der Waals surface area contributed by atoms with Crippen LogP contribution >= 0.6 is 0 Å². The number of fused-ring (bicyclic) bond motifs is 2. The lowest BCUT2D eigenvalue weighted by Crippen LogP contribution is -2.41. The number of ether oxygens (including phenoxy) is 1. The van der Waals surface area contributed by atoms with Crippen molar-refractivity contribution in [2.45, 2.75) is 6.54 Å². The van der Waals surface area contributed by atoms with Crippen LogP contribution < -0.4 is 15.3 Å². The average Bonchev–Trinajstić information content (AvgIpc) is 2.86. The first-order valence-corrected chi connectivity index (χ1v) is 7.83. The van der Waals surface area contributed by atoms with E-state index >= 15 is 0 Å². The number of carbonyl (C=O) groups excluding carboxylic acids is 1. The van der Waals surface area contributed by atoms with Crippen LogP contribution in [0.1, 0.15) is 0 Å². The summed E-state index contributed by atoms with van der Waals surface area (Å²) < 4.78 is 8.67. The second-order valence-corrected chi connectivity index (χ2v) is 5.78. The first kappa shape index (κ1) is 14.6. The van der Waals surface area contributed by atoms with Gasteiger partial charge in [-0.05, 0) is 24.3 Å². The number of aryl methyl sites for hydroxylation is 1. The van der Waals surface area contributed by atoms with E-state index in [0.717, 1.165) is 16.7 Å². The molecule has 24 heavy (non-hydrogen) atoms. The number of hydrogen-bond acceptors (Lipinski definition) is 3. The molecular weight excluding hydrogens is 306 g/mol. The molecule has 122 valence electrons. The summed E-state index contributed by atoms with van der Waals surface area (Å²) in [6.07, 6.45) is 0. The Morgan fingerprint density at radius 1 is 1.08 bits per heavy atom. The summed E-state index contributed by atoms with van der Waals surface area (Å²) >= 11 is 0. The maximum absolute atomic E-state index is 12.8. The van der Waals surface area contributed by atoms with Gasteiger partial charge >= 0.3 is 5.69 Å². The lowest BCUT2D eigenvalue weighted by molar-refractivity contribution is -0.119. The van der Waals surface area contributed by atoms with Crippen LogP contribution in [-0.2, 0) is 18.4 Å². The standard InChI is InChI=1S/C18H17N3O3/c1-19-13-6-2-3-7-14(13)21(18(19)23)12-17(22)20-10-11-24-16-9-5-4-8-15(16)20/h2-9H,10-12H2,1H3. The lowest BCUT2D eigenvalue weighted by atomic mass is 10.2. The van der Waals surface area contributed by atoms with Crippen molar-refractivity contribution in [3.8, 4) is 5.75 Å². The predicted octanol–water partition coefficient (Wildman–Crippen LogP) is 1.77. The second-order valence-electron chi connectivity index (χ2n) is 5.78. The third-order valence-electron chi connectivity index (χ3n) is 4.37. The fourth-order valence-corrected chi connectivity index (χ4v) is 3.17. The Bertz CT molecular complexity index is 987. The Hall–Kier alpha value is -3.02. The van der Waals surface area contributed by atoms with Crippen molar-refractivity contribution < 1.29 is 9.53 Å². The molecule has 6 nitrogen and oxygen atoms in total. The van der Waals surface area contributed by atoms with Crippen molar-refractivity contribution in [3.05, 3.63) is 59.0 Å². The second kappa shape index (κ2) is 5.56. The monoisotopic (exact) mass is 323 g/mol. The zero-order valence-electron chi connectivity index (χ0n) is 13.3. The summed E-state index contributed by atoms with van der Waals surface area (Å²) in [4.78, 5) is 27.0. The Kier molecular flexibility index (Phi) is 3.37. The maximum Gasteiger partial charge on any atom is 0.329 e. The molecule has 1 aromatic heterocycles. The molecule has 2 aromatic carbocycles. The molecule has 0 radical (unpaired) electrons. The minimum atomic E-state index is -0.189. The molecule has 3 aromatic rings. The molecule has 1 aliphatic heterocycles. The van der Waals surface area contributed by atoms with Crippen LogP contribution in [0.5, 0.6) is 5.75 Å². The Balaban J connectivity index is 1.72. The van der Waals surface area contributed by atoms with Crippen LogP contribution in [0.2, 0.25) is 0 Å². The zero-order chi connectivity index (χ0) is 16.7. The number of carbonyl (C=O) groups is 1. The van der Waals surface area contributed by atoms with Gasteiger partial charge in [0.05, 0.1) is 23.3 Å². The molecule has 2 heterocycles. The number of benzene rings is 2. The van der Waals surface area contributed by atoms with Gasteiger partial charge in [0.15, 0.2) is 0 Å². The van der Waals surface area contributed by atoms with E-state index in [1.807, 2.05) is 48.5 Å². The van der Waals surface area contributed by atoms with Crippen molar-refractivity contribution in [1.29, 1.82) is 0 Å². The molecule has 0 saturated carbocycles. The highest BCUT2D eigenvalue weighted by Crippen LogP contribution is 2.31. The van der Waals surface area contributed by atoms with E-state index in [4.69, 9.17) is 4.74 Å². The van der Waals surface area contributed by atoms with E-state index < -0.39 is 0 Å². The molecule has 0 aliphatic carbocycles. The number of imidazole rings is 1. The number of amides is 1. The Morgan fingerprint density at radius 2 is 1.79 bits per heavy atom. The number of para-hydroxylation sites is 4. The summed E-state index contributed by atoms with van der Waals surface area (Å²) in [6, 6.07) is 14.9. The van der Waals surface area contributed by atoms with Crippen LogP contribution in [0, 0.1) is 0 Å². The van der Waals surface area contributed by atoms with Gasteiger partial charge in [0.25, 0.3) is 0 Å². The smallest absolute Gasteiger partial charge is 0.329 e. The van der Waals surface area contributed by atoms with E-state index in [0.29, 0.717) is 18.9 Å². The number of hydrogen-bond donors (Lipinski definition) is 0. The highest BCUT2D eigenvalue weighted by molar-refractivity contribution is 5.95. The van der Waals surface area contributed by atoms with Gasteiger partial charge in [-0.15, -0.1) is 0 Å². The first-order valence-electron chi connectivity index (χ1n) is 7.83. The Morgan fingerprint density at radius 3 is 2.62 bits per heavy atom. The predicted molar refractivity (Wildman–Crippen MR) is 91.5 cm³/mol. The van der Waals surface area contributed by atoms with E-state index in [9.17, 15) is 9.59 Å². The fourth-order valence-electron chi connectivity index (χ4n) is 3.17. The molecular formula is C18H17N3O3. The van der Waals surface area contributed by atoms with Crippen molar-refractivity contribution in [1.82, 2.24) is 9.13 Å². The maximum atomic E-state index is 12.8.